The summed E-state index contributed by atoms with van der Waals surface area (Å²) >= 11 is 0. The van der Waals surface area contributed by atoms with Crippen LogP contribution in [0.3, 0.4) is 0 Å². The van der Waals surface area contributed by atoms with Gasteiger partial charge in [0.25, 0.3) is 0 Å². The fraction of sp³-hybridized carbons (Fsp3) is 0.812. The van der Waals surface area contributed by atoms with Crippen molar-refractivity contribution < 1.29 is 9.90 Å². The lowest BCUT2D eigenvalue weighted by Gasteiger charge is -2.03. The molecule has 0 aliphatic rings. The van der Waals surface area contributed by atoms with Crippen molar-refractivity contribution in [1.29, 1.82) is 0 Å². The zero-order valence-electron chi connectivity index (χ0n) is 12.3. The molecule has 0 unspecified atom stereocenters. The normalized spacial score (nSPS) is 10.6. The van der Waals surface area contributed by atoms with Crippen molar-refractivity contribution in [3.8, 4) is 0 Å². The Bertz CT molecular complexity index is 239. The van der Waals surface area contributed by atoms with E-state index in [0.717, 1.165) is 19.4 Å². The predicted molar refractivity (Wildman–Crippen MR) is 81.2 cm³/mol. The summed E-state index contributed by atoms with van der Waals surface area (Å²) in [5.41, 5.74) is 5.79. The van der Waals surface area contributed by atoms with Gasteiger partial charge < -0.3 is 10.8 Å². The van der Waals surface area contributed by atoms with Gasteiger partial charge in [0.15, 0.2) is 0 Å². The summed E-state index contributed by atoms with van der Waals surface area (Å²) in [4.78, 5) is 10.5. The third-order valence-corrected chi connectivity index (χ3v) is 3.49. The lowest BCUT2D eigenvalue weighted by molar-refractivity contribution is -0.132. The molecule has 0 atom stereocenters. The third-order valence-electron chi connectivity index (χ3n) is 3.49. The molecule has 0 spiro atoms. The Kier molecular flexibility index (Phi) is 13.0. The number of carboxylic acid groups (broad SMARTS) is 1. The van der Waals surface area contributed by atoms with Gasteiger partial charge in [0.1, 0.15) is 0 Å². The average Bonchev–Trinajstić information content (AvgIpc) is 2.39. The summed E-state index contributed by atoms with van der Waals surface area (Å²) in [7, 11) is 0. The maximum absolute atomic E-state index is 10.5. The highest BCUT2D eigenvalue weighted by Gasteiger charge is 2.02. The molecule has 0 saturated heterocycles. The first kappa shape index (κ1) is 18.2. The van der Waals surface area contributed by atoms with Crippen molar-refractivity contribution in [3.63, 3.8) is 0 Å². The van der Waals surface area contributed by atoms with E-state index in [2.05, 4.69) is 6.58 Å². The van der Waals surface area contributed by atoms with Crippen molar-refractivity contribution in [2.45, 2.75) is 77.0 Å². The average molecular weight is 269 g/mol. The van der Waals surface area contributed by atoms with Gasteiger partial charge in [0, 0.05) is 5.57 Å². The Morgan fingerprint density at radius 1 is 0.789 bits per heavy atom. The summed E-state index contributed by atoms with van der Waals surface area (Å²) in [5, 5.41) is 8.65. The zero-order chi connectivity index (χ0) is 14.3. The van der Waals surface area contributed by atoms with Gasteiger partial charge in [-0.3, -0.25) is 0 Å². The Hall–Kier alpha value is -0.830. The minimum atomic E-state index is -0.852. The molecule has 19 heavy (non-hydrogen) atoms. The molecule has 0 aliphatic heterocycles. The molecule has 3 N–H and O–H groups in total. The van der Waals surface area contributed by atoms with E-state index in [4.69, 9.17) is 10.8 Å². The maximum atomic E-state index is 10.5. The second kappa shape index (κ2) is 13.6. The van der Waals surface area contributed by atoms with Gasteiger partial charge in [0.2, 0.25) is 0 Å². The number of rotatable bonds is 14. The first-order chi connectivity index (χ1) is 9.18. The molecule has 3 nitrogen and oxygen atoms in total. The lowest BCUT2D eigenvalue weighted by atomic mass is 10.0. The lowest BCUT2D eigenvalue weighted by Crippen LogP contribution is -1.98. The molecule has 0 radical (unpaired) electrons. The highest BCUT2D eigenvalue weighted by Crippen LogP contribution is 2.13. The van der Waals surface area contributed by atoms with Crippen molar-refractivity contribution in [2.75, 3.05) is 6.54 Å². The molecule has 0 fully saturated rings. The molecule has 0 bridgehead atoms. The van der Waals surface area contributed by atoms with Crippen LogP contribution in [0.2, 0.25) is 0 Å². The van der Waals surface area contributed by atoms with E-state index in [1.165, 1.54) is 57.8 Å². The quantitative estimate of drug-likeness (QED) is 0.366. The number of carbonyl (C=O) groups is 1. The van der Waals surface area contributed by atoms with Gasteiger partial charge >= 0.3 is 5.97 Å². The molecular weight excluding hydrogens is 238 g/mol. The van der Waals surface area contributed by atoms with E-state index in [1.807, 2.05) is 0 Å². The number of nitrogens with two attached hydrogens (primary N) is 1. The number of hydrogen-bond acceptors (Lipinski definition) is 2. The van der Waals surface area contributed by atoms with Crippen molar-refractivity contribution >= 4 is 5.97 Å². The highest BCUT2D eigenvalue weighted by molar-refractivity contribution is 5.85. The predicted octanol–water partition coefficient (Wildman–Crippen LogP) is 4.27. The third kappa shape index (κ3) is 13.4. The largest absolute Gasteiger partial charge is 0.478 e. The van der Waals surface area contributed by atoms with Gasteiger partial charge in [-0.2, -0.15) is 0 Å². The van der Waals surface area contributed by atoms with Crippen LogP contribution in [0.1, 0.15) is 77.0 Å². The van der Waals surface area contributed by atoms with Crippen LogP contribution in [-0.2, 0) is 4.79 Å². The second-order valence-corrected chi connectivity index (χ2v) is 5.34. The van der Waals surface area contributed by atoms with E-state index < -0.39 is 5.97 Å². The van der Waals surface area contributed by atoms with Crippen LogP contribution >= 0.6 is 0 Å². The molecule has 3 heteroatoms. The smallest absolute Gasteiger partial charge is 0.330 e. The van der Waals surface area contributed by atoms with Crippen LogP contribution < -0.4 is 5.73 Å². The molecule has 112 valence electrons. The summed E-state index contributed by atoms with van der Waals surface area (Å²) in [6, 6.07) is 0. The molecule has 0 saturated carbocycles. The maximum Gasteiger partial charge on any atom is 0.330 e. The zero-order valence-corrected chi connectivity index (χ0v) is 12.3. The SMILES string of the molecule is C=C(CCCCCCCCCCCCCN)C(=O)O. The van der Waals surface area contributed by atoms with Crippen LogP contribution in [-0.4, -0.2) is 17.6 Å². The summed E-state index contributed by atoms with van der Waals surface area (Å²) in [6.07, 6.45) is 14.4. The Balaban J connectivity index is 3.07. The van der Waals surface area contributed by atoms with E-state index in [0.29, 0.717) is 12.0 Å². The summed E-state index contributed by atoms with van der Waals surface area (Å²) in [6.45, 7) is 4.36. The fourth-order valence-corrected chi connectivity index (χ4v) is 2.18. The van der Waals surface area contributed by atoms with Crippen LogP contribution in [0.15, 0.2) is 12.2 Å². The number of carboxylic acids is 1. The van der Waals surface area contributed by atoms with E-state index >= 15 is 0 Å². The number of unbranched alkanes of at least 4 members (excludes halogenated alkanes) is 10. The molecule has 0 heterocycles. The molecular formula is C16H31NO2. The second-order valence-electron chi connectivity index (χ2n) is 5.34. The molecule has 0 aromatic rings. The Morgan fingerprint density at radius 2 is 1.16 bits per heavy atom. The molecule has 0 rings (SSSR count). The molecule has 0 aromatic carbocycles. The highest BCUT2D eigenvalue weighted by atomic mass is 16.4. The van der Waals surface area contributed by atoms with Crippen LogP contribution in [0.4, 0.5) is 0 Å². The number of hydrogen-bond donors (Lipinski definition) is 2. The molecule has 0 aliphatic carbocycles. The van der Waals surface area contributed by atoms with Crippen LogP contribution in [0.25, 0.3) is 0 Å². The Labute approximate surface area is 118 Å². The van der Waals surface area contributed by atoms with E-state index in [1.54, 1.807) is 0 Å². The van der Waals surface area contributed by atoms with Crippen molar-refractivity contribution in [1.82, 2.24) is 0 Å². The van der Waals surface area contributed by atoms with Gasteiger partial charge in [-0.1, -0.05) is 64.4 Å². The van der Waals surface area contributed by atoms with Gasteiger partial charge in [-0.25, -0.2) is 4.79 Å². The van der Waals surface area contributed by atoms with Gasteiger partial charge in [-0.05, 0) is 25.8 Å². The van der Waals surface area contributed by atoms with Crippen LogP contribution in [0.5, 0.6) is 0 Å². The minimum Gasteiger partial charge on any atom is -0.478 e. The summed E-state index contributed by atoms with van der Waals surface area (Å²) < 4.78 is 0. The molecule has 0 amide bonds. The first-order valence-electron chi connectivity index (χ1n) is 7.79. The van der Waals surface area contributed by atoms with Gasteiger partial charge in [0.05, 0.1) is 0 Å². The van der Waals surface area contributed by atoms with Crippen molar-refractivity contribution in [3.05, 3.63) is 12.2 Å². The first-order valence-corrected chi connectivity index (χ1v) is 7.79. The monoisotopic (exact) mass is 269 g/mol. The number of aliphatic carboxylic acids is 1. The van der Waals surface area contributed by atoms with E-state index in [-0.39, 0.29) is 0 Å². The molecule has 0 aromatic heterocycles. The van der Waals surface area contributed by atoms with Gasteiger partial charge in [-0.15, -0.1) is 0 Å². The Morgan fingerprint density at radius 3 is 1.53 bits per heavy atom. The van der Waals surface area contributed by atoms with E-state index in [9.17, 15) is 4.79 Å². The topological polar surface area (TPSA) is 63.3 Å². The summed E-state index contributed by atoms with van der Waals surface area (Å²) in [5.74, 6) is -0.852. The van der Waals surface area contributed by atoms with Crippen molar-refractivity contribution in [2.24, 2.45) is 5.73 Å². The fourth-order valence-electron chi connectivity index (χ4n) is 2.18. The van der Waals surface area contributed by atoms with Crippen LogP contribution in [0, 0.1) is 0 Å². The standard InChI is InChI=1S/C16H31NO2/c1-15(16(18)19)13-11-9-7-5-3-2-4-6-8-10-12-14-17/h1-14,17H2,(H,18,19). The minimum absolute atomic E-state index is 0.345.